The van der Waals surface area contributed by atoms with Gasteiger partial charge in [-0.15, -0.1) is 5.10 Å². The van der Waals surface area contributed by atoms with E-state index in [1.54, 1.807) is 36.1 Å². The number of ether oxygens (including phenoxy) is 1. The average Bonchev–Trinajstić information content (AvgIpc) is 3.23. The number of benzene rings is 2. The second-order valence-electron chi connectivity index (χ2n) is 7.19. The molecule has 0 saturated carbocycles. The number of aromatic nitrogens is 4. The zero-order chi connectivity index (χ0) is 20.9. The standard InChI is InChI=1S/C22H23F2N5O/c1-30-15-14-29-22(25-26-27-29)21(18-4-8-20(24)9-5-18)28-12-10-17(11-13-28)16-2-6-19(23)7-3-16/h2-10,21H,11-15H2,1H3/t21-/m0/s1. The molecule has 1 aromatic heterocycles. The van der Waals surface area contributed by atoms with Crippen molar-refractivity contribution in [1.29, 1.82) is 0 Å². The lowest BCUT2D eigenvalue weighted by atomic mass is 9.96. The minimum Gasteiger partial charge on any atom is -0.383 e. The molecule has 0 aliphatic carbocycles. The van der Waals surface area contributed by atoms with Crippen molar-refractivity contribution in [2.24, 2.45) is 0 Å². The lowest BCUT2D eigenvalue weighted by Gasteiger charge is -2.33. The van der Waals surface area contributed by atoms with Crippen molar-refractivity contribution in [3.63, 3.8) is 0 Å². The summed E-state index contributed by atoms with van der Waals surface area (Å²) in [6, 6.07) is 12.8. The molecule has 1 aliphatic heterocycles. The predicted octanol–water partition coefficient (Wildman–Crippen LogP) is 3.48. The Morgan fingerprint density at radius 3 is 2.37 bits per heavy atom. The van der Waals surface area contributed by atoms with Crippen molar-refractivity contribution in [2.45, 2.75) is 19.0 Å². The molecule has 0 saturated heterocycles. The maximum atomic E-state index is 13.5. The molecule has 156 valence electrons. The molecule has 0 amide bonds. The van der Waals surface area contributed by atoms with Crippen LogP contribution in [0.25, 0.3) is 5.57 Å². The number of hydrogen-bond acceptors (Lipinski definition) is 5. The fourth-order valence-electron chi connectivity index (χ4n) is 3.76. The van der Waals surface area contributed by atoms with E-state index < -0.39 is 0 Å². The Kier molecular flexibility index (Phi) is 6.25. The van der Waals surface area contributed by atoms with Gasteiger partial charge in [0.15, 0.2) is 5.82 Å². The van der Waals surface area contributed by atoms with Crippen LogP contribution in [0.5, 0.6) is 0 Å². The molecule has 0 fully saturated rings. The van der Waals surface area contributed by atoms with Gasteiger partial charge in [0.2, 0.25) is 0 Å². The largest absolute Gasteiger partial charge is 0.383 e. The van der Waals surface area contributed by atoms with Crippen molar-refractivity contribution in [3.8, 4) is 0 Å². The number of tetrazole rings is 1. The first-order valence-electron chi connectivity index (χ1n) is 9.85. The van der Waals surface area contributed by atoms with Crippen molar-refractivity contribution in [2.75, 3.05) is 26.8 Å². The van der Waals surface area contributed by atoms with E-state index in [0.29, 0.717) is 25.5 Å². The van der Waals surface area contributed by atoms with Crippen LogP contribution in [0.1, 0.15) is 29.4 Å². The van der Waals surface area contributed by atoms with Crippen LogP contribution in [-0.2, 0) is 11.3 Å². The van der Waals surface area contributed by atoms with E-state index in [0.717, 1.165) is 24.1 Å². The van der Waals surface area contributed by atoms with Gasteiger partial charge in [0, 0.05) is 20.2 Å². The second-order valence-corrected chi connectivity index (χ2v) is 7.19. The Labute approximate surface area is 173 Å². The smallest absolute Gasteiger partial charge is 0.173 e. The minimum atomic E-state index is -0.284. The number of halogens is 2. The first-order chi connectivity index (χ1) is 14.7. The maximum absolute atomic E-state index is 13.5. The topological polar surface area (TPSA) is 56.1 Å². The molecule has 0 bridgehead atoms. The van der Waals surface area contributed by atoms with Gasteiger partial charge in [-0.1, -0.05) is 30.3 Å². The highest BCUT2D eigenvalue weighted by Gasteiger charge is 2.29. The molecule has 6 nitrogen and oxygen atoms in total. The summed E-state index contributed by atoms with van der Waals surface area (Å²) in [5, 5.41) is 12.2. The summed E-state index contributed by atoms with van der Waals surface area (Å²) in [7, 11) is 1.63. The van der Waals surface area contributed by atoms with Crippen molar-refractivity contribution in [1.82, 2.24) is 25.1 Å². The number of hydrogen-bond donors (Lipinski definition) is 0. The molecule has 0 spiro atoms. The van der Waals surface area contributed by atoms with Gasteiger partial charge < -0.3 is 4.74 Å². The second kappa shape index (κ2) is 9.23. The van der Waals surface area contributed by atoms with Crippen LogP contribution in [0.15, 0.2) is 54.6 Å². The van der Waals surface area contributed by atoms with Gasteiger partial charge in [-0.25, -0.2) is 13.5 Å². The lowest BCUT2D eigenvalue weighted by molar-refractivity contribution is 0.176. The summed E-state index contributed by atoms with van der Waals surface area (Å²) in [5.41, 5.74) is 3.13. The van der Waals surface area contributed by atoms with E-state index in [1.165, 1.54) is 29.8 Å². The molecule has 3 aromatic rings. The molecule has 1 atom stereocenters. The van der Waals surface area contributed by atoms with E-state index in [9.17, 15) is 8.78 Å². The Hall–Kier alpha value is -2.97. The van der Waals surface area contributed by atoms with Gasteiger partial charge in [-0.3, -0.25) is 4.90 Å². The van der Waals surface area contributed by atoms with Gasteiger partial charge in [0.25, 0.3) is 0 Å². The molecule has 1 aliphatic rings. The molecule has 30 heavy (non-hydrogen) atoms. The molecule has 0 N–H and O–H groups in total. The highest BCUT2D eigenvalue weighted by molar-refractivity contribution is 5.66. The van der Waals surface area contributed by atoms with Crippen molar-refractivity contribution < 1.29 is 13.5 Å². The summed E-state index contributed by atoms with van der Waals surface area (Å²) in [6.07, 6.45) is 2.96. The zero-order valence-corrected chi connectivity index (χ0v) is 16.7. The van der Waals surface area contributed by atoms with E-state index in [2.05, 4.69) is 26.5 Å². The number of rotatable bonds is 7. The third-order valence-corrected chi connectivity index (χ3v) is 5.32. The van der Waals surface area contributed by atoms with Gasteiger partial charge >= 0.3 is 0 Å². The lowest BCUT2D eigenvalue weighted by Crippen LogP contribution is -2.35. The Morgan fingerprint density at radius 2 is 1.73 bits per heavy atom. The monoisotopic (exact) mass is 411 g/mol. The predicted molar refractivity (Wildman–Crippen MR) is 109 cm³/mol. The molecular formula is C22H23F2N5O. The highest BCUT2D eigenvalue weighted by atomic mass is 19.1. The fourth-order valence-corrected chi connectivity index (χ4v) is 3.76. The van der Waals surface area contributed by atoms with Crippen LogP contribution in [-0.4, -0.2) is 51.9 Å². The summed E-state index contributed by atoms with van der Waals surface area (Å²) in [5.74, 6) is 0.168. The third kappa shape index (κ3) is 4.44. The first-order valence-corrected chi connectivity index (χ1v) is 9.85. The quantitative estimate of drug-likeness (QED) is 0.596. The van der Waals surface area contributed by atoms with E-state index >= 15 is 0 Å². The van der Waals surface area contributed by atoms with Crippen LogP contribution in [0.2, 0.25) is 0 Å². The third-order valence-electron chi connectivity index (χ3n) is 5.32. The van der Waals surface area contributed by atoms with Crippen LogP contribution in [0.3, 0.4) is 0 Å². The van der Waals surface area contributed by atoms with E-state index in [1.807, 2.05) is 0 Å². The minimum absolute atomic E-state index is 0.219. The molecule has 8 heteroatoms. The van der Waals surface area contributed by atoms with E-state index in [-0.39, 0.29) is 17.7 Å². The molecule has 2 aromatic carbocycles. The van der Waals surface area contributed by atoms with Crippen LogP contribution < -0.4 is 0 Å². The number of methoxy groups -OCH3 is 1. The molecule has 0 unspecified atom stereocenters. The Balaban J connectivity index is 1.63. The van der Waals surface area contributed by atoms with Gasteiger partial charge in [-0.2, -0.15) is 0 Å². The highest BCUT2D eigenvalue weighted by Crippen LogP contribution is 2.32. The summed E-state index contributed by atoms with van der Waals surface area (Å²) in [6.45, 7) is 2.46. The molecule has 4 rings (SSSR count). The Bertz CT molecular complexity index is 1000. The average molecular weight is 411 g/mol. The van der Waals surface area contributed by atoms with Gasteiger partial charge in [0.05, 0.1) is 19.2 Å². The van der Waals surface area contributed by atoms with Gasteiger partial charge in [-0.05, 0) is 57.8 Å². The van der Waals surface area contributed by atoms with Crippen LogP contribution in [0, 0.1) is 11.6 Å². The summed E-state index contributed by atoms with van der Waals surface area (Å²) < 4.78 is 33.7. The van der Waals surface area contributed by atoms with Crippen LogP contribution in [0.4, 0.5) is 8.78 Å². The van der Waals surface area contributed by atoms with E-state index in [4.69, 9.17) is 4.74 Å². The SMILES string of the molecule is COCCn1nnnc1[C@H](c1ccc(F)cc1)N1CC=C(c2ccc(F)cc2)CC1. The summed E-state index contributed by atoms with van der Waals surface area (Å²) >= 11 is 0. The van der Waals surface area contributed by atoms with Crippen molar-refractivity contribution >= 4 is 5.57 Å². The zero-order valence-electron chi connectivity index (χ0n) is 16.7. The van der Waals surface area contributed by atoms with Gasteiger partial charge in [0.1, 0.15) is 11.6 Å². The molecule has 2 heterocycles. The van der Waals surface area contributed by atoms with Crippen molar-refractivity contribution in [3.05, 3.63) is 83.2 Å². The molecule has 0 radical (unpaired) electrons. The maximum Gasteiger partial charge on any atom is 0.173 e. The fraction of sp³-hybridized carbons (Fsp3) is 0.318. The number of nitrogens with zero attached hydrogens (tertiary/aromatic N) is 5. The van der Waals surface area contributed by atoms with Crippen LogP contribution >= 0.6 is 0 Å². The Morgan fingerprint density at radius 1 is 1.03 bits per heavy atom. The normalized spacial score (nSPS) is 15.8. The molecular weight excluding hydrogens is 388 g/mol. The summed E-state index contributed by atoms with van der Waals surface area (Å²) in [4.78, 5) is 2.26. The first kappa shape index (κ1) is 20.3.